The zero-order valence-corrected chi connectivity index (χ0v) is 13.3. The van der Waals surface area contributed by atoms with Crippen LogP contribution in [0, 0.1) is 13.8 Å². The van der Waals surface area contributed by atoms with Crippen molar-refractivity contribution in [2.45, 2.75) is 26.9 Å². The summed E-state index contributed by atoms with van der Waals surface area (Å²) in [6.45, 7) is 5.49. The Morgan fingerprint density at radius 1 is 1.09 bits per heavy atom. The molecular formula is C18H19NO4. The number of ether oxygens (including phenoxy) is 1. The molecule has 23 heavy (non-hydrogen) atoms. The molecule has 2 aromatic rings. The second kappa shape index (κ2) is 6.96. The molecule has 2 N–H and O–H groups in total. The van der Waals surface area contributed by atoms with E-state index in [9.17, 15) is 9.59 Å². The number of benzene rings is 2. The molecule has 2 aromatic carbocycles. The summed E-state index contributed by atoms with van der Waals surface area (Å²) in [6, 6.07) is 11.9. The molecule has 1 atom stereocenters. The highest BCUT2D eigenvalue weighted by Crippen LogP contribution is 2.24. The van der Waals surface area contributed by atoms with Crippen LogP contribution >= 0.6 is 0 Å². The number of hydrogen-bond acceptors (Lipinski definition) is 3. The zero-order chi connectivity index (χ0) is 17.0. The minimum Gasteiger partial charge on any atom is -0.480 e. The first-order valence-corrected chi connectivity index (χ1v) is 7.25. The van der Waals surface area contributed by atoms with Crippen molar-refractivity contribution < 1.29 is 19.4 Å². The number of anilines is 1. The Morgan fingerprint density at radius 3 is 2.30 bits per heavy atom. The minimum atomic E-state index is -1.04. The predicted octanol–water partition coefficient (Wildman–Crippen LogP) is 3.41. The Balaban J connectivity index is 2.08. The first-order valence-electron chi connectivity index (χ1n) is 7.25. The van der Waals surface area contributed by atoms with Gasteiger partial charge < -0.3 is 15.2 Å². The summed E-state index contributed by atoms with van der Waals surface area (Å²) >= 11 is 0. The molecule has 0 fully saturated rings. The lowest BCUT2D eigenvalue weighted by Crippen LogP contribution is -2.30. The smallest absolute Gasteiger partial charge is 0.335 e. The number of amides is 1. The van der Waals surface area contributed by atoms with Crippen LogP contribution in [0.1, 0.15) is 28.4 Å². The maximum Gasteiger partial charge on any atom is 0.335 e. The van der Waals surface area contributed by atoms with Crippen molar-refractivity contribution in [1.29, 1.82) is 0 Å². The summed E-state index contributed by atoms with van der Waals surface area (Å²) in [5.74, 6) is -0.689. The molecule has 0 saturated heterocycles. The maximum absolute atomic E-state index is 12.2. The second-order valence-corrected chi connectivity index (χ2v) is 5.36. The molecule has 1 amide bonds. The van der Waals surface area contributed by atoms with Crippen LogP contribution in [0.5, 0.6) is 5.75 Å². The molecule has 0 aliphatic carbocycles. The van der Waals surface area contributed by atoms with E-state index >= 15 is 0 Å². The van der Waals surface area contributed by atoms with E-state index in [-0.39, 0.29) is 11.5 Å². The van der Waals surface area contributed by atoms with E-state index in [1.165, 1.54) is 12.1 Å². The summed E-state index contributed by atoms with van der Waals surface area (Å²) < 4.78 is 5.76. The molecule has 0 saturated carbocycles. The Morgan fingerprint density at radius 2 is 1.70 bits per heavy atom. The van der Waals surface area contributed by atoms with Crippen LogP contribution in [0.25, 0.3) is 0 Å². The van der Waals surface area contributed by atoms with Gasteiger partial charge in [0.05, 0.1) is 5.56 Å². The van der Waals surface area contributed by atoms with E-state index in [0.29, 0.717) is 11.4 Å². The van der Waals surface area contributed by atoms with E-state index in [4.69, 9.17) is 9.84 Å². The van der Waals surface area contributed by atoms with Gasteiger partial charge in [-0.3, -0.25) is 4.79 Å². The van der Waals surface area contributed by atoms with Crippen LogP contribution < -0.4 is 10.1 Å². The lowest BCUT2D eigenvalue weighted by atomic mass is 10.1. The van der Waals surface area contributed by atoms with Crippen LogP contribution in [-0.4, -0.2) is 23.1 Å². The standard InChI is InChI=1S/C18H19NO4/c1-11-6-4-7-12(2)16(11)23-13(3)17(20)19-15-9-5-8-14(10-15)18(21)22/h4-10,13H,1-3H3,(H,19,20)(H,21,22). The molecule has 0 spiro atoms. The number of carbonyl (C=O) groups excluding carboxylic acids is 1. The van der Waals surface area contributed by atoms with E-state index in [1.807, 2.05) is 32.0 Å². The number of aromatic carboxylic acids is 1. The number of hydrogen-bond donors (Lipinski definition) is 2. The molecule has 0 aromatic heterocycles. The van der Waals surface area contributed by atoms with Crippen LogP contribution in [0.15, 0.2) is 42.5 Å². The molecule has 1 unspecified atom stereocenters. The Bertz CT molecular complexity index is 719. The van der Waals surface area contributed by atoms with Crippen molar-refractivity contribution in [3.05, 3.63) is 59.2 Å². The van der Waals surface area contributed by atoms with Gasteiger partial charge in [-0.2, -0.15) is 0 Å². The van der Waals surface area contributed by atoms with Gasteiger partial charge in [-0.1, -0.05) is 24.3 Å². The topological polar surface area (TPSA) is 75.6 Å². The van der Waals surface area contributed by atoms with Crippen molar-refractivity contribution in [3.63, 3.8) is 0 Å². The summed E-state index contributed by atoms with van der Waals surface area (Å²) in [4.78, 5) is 23.2. The number of carboxylic acids is 1. The molecule has 0 radical (unpaired) electrons. The molecule has 0 heterocycles. The van der Waals surface area contributed by atoms with Gasteiger partial charge >= 0.3 is 5.97 Å². The predicted molar refractivity (Wildman–Crippen MR) is 88.0 cm³/mol. The van der Waals surface area contributed by atoms with Crippen molar-refractivity contribution in [3.8, 4) is 5.75 Å². The first kappa shape index (κ1) is 16.5. The molecule has 0 aliphatic rings. The molecule has 5 nitrogen and oxygen atoms in total. The quantitative estimate of drug-likeness (QED) is 0.887. The average molecular weight is 313 g/mol. The third-order valence-electron chi connectivity index (χ3n) is 3.45. The number of nitrogens with one attached hydrogen (secondary N) is 1. The highest BCUT2D eigenvalue weighted by atomic mass is 16.5. The molecule has 0 bridgehead atoms. The molecule has 5 heteroatoms. The van der Waals surface area contributed by atoms with Crippen molar-refractivity contribution in [1.82, 2.24) is 0 Å². The lowest BCUT2D eigenvalue weighted by molar-refractivity contribution is -0.122. The van der Waals surface area contributed by atoms with Gasteiger partial charge in [-0.05, 0) is 50.1 Å². The Labute approximate surface area is 134 Å². The SMILES string of the molecule is Cc1cccc(C)c1OC(C)C(=O)Nc1cccc(C(=O)O)c1. The van der Waals surface area contributed by atoms with Crippen LogP contribution in [0.4, 0.5) is 5.69 Å². The van der Waals surface area contributed by atoms with Gasteiger partial charge in [0, 0.05) is 5.69 Å². The van der Waals surface area contributed by atoms with Crippen molar-refractivity contribution >= 4 is 17.6 Å². The number of carbonyl (C=O) groups is 2. The summed E-state index contributed by atoms with van der Waals surface area (Å²) in [5.41, 5.74) is 2.45. The van der Waals surface area contributed by atoms with Gasteiger partial charge in [0.1, 0.15) is 5.75 Å². The van der Waals surface area contributed by atoms with E-state index in [1.54, 1.807) is 19.1 Å². The minimum absolute atomic E-state index is 0.117. The Hall–Kier alpha value is -2.82. The van der Waals surface area contributed by atoms with Gasteiger partial charge in [0.2, 0.25) is 0 Å². The highest BCUT2D eigenvalue weighted by molar-refractivity contribution is 5.96. The number of para-hydroxylation sites is 1. The number of rotatable bonds is 5. The Kier molecular flexibility index (Phi) is 5.01. The molecule has 120 valence electrons. The van der Waals surface area contributed by atoms with Gasteiger partial charge in [-0.25, -0.2) is 4.79 Å². The van der Waals surface area contributed by atoms with E-state index in [0.717, 1.165) is 11.1 Å². The molecule has 0 aliphatic heterocycles. The fraction of sp³-hybridized carbons (Fsp3) is 0.222. The third-order valence-corrected chi connectivity index (χ3v) is 3.45. The summed E-state index contributed by atoms with van der Waals surface area (Å²) in [5, 5.41) is 11.6. The van der Waals surface area contributed by atoms with Crippen LogP contribution in [0.3, 0.4) is 0 Å². The zero-order valence-electron chi connectivity index (χ0n) is 13.3. The fourth-order valence-corrected chi connectivity index (χ4v) is 2.19. The maximum atomic E-state index is 12.2. The van der Waals surface area contributed by atoms with E-state index in [2.05, 4.69) is 5.32 Å². The van der Waals surface area contributed by atoms with Crippen molar-refractivity contribution in [2.24, 2.45) is 0 Å². The van der Waals surface area contributed by atoms with Gasteiger partial charge in [0.25, 0.3) is 5.91 Å². The van der Waals surface area contributed by atoms with Gasteiger partial charge in [0.15, 0.2) is 6.10 Å². The first-order chi connectivity index (χ1) is 10.9. The van der Waals surface area contributed by atoms with Crippen LogP contribution in [-0.2, 0) is 4.79 Å². The monoisotopic (exact) mass is 313 g/mol. The third kappa shape index (κ3) is 4.10. The fourth-order valence-electron chi connectivity index (χ4n) is 2.19. The summed E-state index contributed by atoms with van der Waals surface area (Å²) in [6.07, 6.45) is -0.705. The summed E-state index contributed by atoms with van der Waals surface area (Å²) in [7, 11) is 0. The van der Waals surface area contributed by atoms with Gasteiger partial charge in [-0.15, -0.1) is 0 Å². The number of carboxylic acid groups (broad SMARTS) is 1. The largest absolute Gasteiger partial charge is 0.480 e. The second-order valence-electron chi connectivity index (χ2n) is 5.36. The average Bonchev–Trinajstić information content (AvgIpc) is 2.51. The van der Waals surface area contributed by atoms with Crippen molar-refractivity contribution in [2.75, 3.05) is 5.32 Å². The lowest BCUT2D eigenvalue weighted by Gasteiger charge is -2.18. The normalized spacial score (nSPS) is 11.6. The molecule has 2 rings (SSSR count). The van der Waals surface area contributed by atoms with Crippen LogP contribution in [0.2, 0.25) is 0 Å². The van der Waals surface area contributed by atoms with E-state index < -0.39 is 12.1 Å². The number of aryl methyl sites for hydroxylation is 2. The highest BCUT2D eigenvalue weighted by Gasteiger charge is 2.17. The molecular weight excluding hydrogens is 294 g/mol.